The molecule has 0 unspecified atom stereocenters. The second-order valence-electron chi connectivity index (χ2n) is 2.18. The maximum Gasteiger partial charge on any atom is 0.0972 e. The molecule has 0 bridgehead atoms. The maximum atomic E-state index is 5.03. The van der Waals surface area contributed by atoms with Crippen LogP contribution in [0.25, 0.3) is 0 Å². The second kappa shape index (κ2) is 6.26. The highest BCUT2D eigenvalue weighted by Gasteiger charge is 2.05. The molecular formula is C6H16O2Si. The van der Waals surface area contributed by atoms with E-state index < -0.39 is 8.80 Å². The topological polar surface area (TPSA) is 18.5 Å². The quantitative estimate of drug-likeness (QED) is 0.532. The molecule has 0 N–H and O–H groups in total. The summed E-state index contributed by atoms with van der Waals surface area (Å²) in [5.74, 6) is 0. The number of ether oxygens (including phenoxy) is 2. The summed E-state index contributed by atoms with van der Waals surface area (Å²) in [5, 5.41) is 0. The average molecular weight is 148 g/mol. The fourth-order valence-electron chi connectivity index (χ4n) is 0.755. The molecule has 0 fully saturated rings. The molecule has 0 aromatic rings. The van der Waals surface area contributed by atoms with Crippen LogP contribution in [0.4, 0.5) is 0 Å². The lowest BCUT2D eigenvalue weighted by Crippen LogP contribution is -2.25. The smallest absolute Gasteiger partial charge is 0.0972 e. The van der Waals surface area contributed by atoms with Crippen molar-refractivity contribution in [2.75, 3.05) is 26.7 Å². The summed E-state index contributed by atoms with van der Waals surface area (Å²) >= 11 is 0. The summed E-state index contributed by atoms with van der Waals surface area (Å²) in [4.78, 5) is 0. The van der Waals surface area contributed by atoms with Crippen LogP contribution in [0.3, 0.4) is 0 Å². The van der Waals surface area contributed by atoms with Gasteiger partial charge in [-0.2, -0.15) is 0 Å². The van der Waals surface area contributed by atoms with E-state index in [1.165, 1.54) is 6.04 Å². The Morgan fingerprint density at radius 2 is 1.56 bits per heavy atom. The Labute approximate surface area is 58.8 Å². The first-order chi connectivity index (χ1) is 4.35. The third-order valence-electron chi connectivity index (χ3n) is 1.38. The molecule has 0 spiro atoms. The third-order valence-corrected chi connectivity index (χ3v) is 4.15. The van der Waals surface area contributed by atoms with E-state index >= 15 is 0 Å². The van der Waals surface area contributed by atoms with Gasteiger partial charge in [0.1, 0.15) is 0 Å². The van der Waals surface area contributed by atoms with E-state index in [0.717, 1.165) is 12.5 Å². The summed E-state index contributed by atoms with van der Waals surface area (Å²) in [6, 6.07) is 1.27. The fraction of sp³-hybridized carbons (Fsp3) is 1.00. The van der Waals surface area contributed by atoms with Crippen molar-refractivity contribution in [2.45, 2.75) is 13.0 Å². The van der Waals surface area contributed by atoms with E-state index in [2.05, 4.69) is 6.92 Å². The van der Waals surface area contributed by atoms with Gasteiger partial charge in [-0.1, -0.05) is 13.0 Å². The van der Waals surface area contributed by atoms with Gasteiger partial charge in [-0.25, -0.2) is 0 Å². The highest BCUT2D eigenvalue weighted by atomic mass is 28.3. The first kappa shape index (κ1) is 9.14. The van der Waals surface area contributed by atoms with Gasteiger partial charge in [0.15, 0.2) is 0 Å². The molecule has 0 rings (SSSR count). The summed E-state index contributed by atoms with van der Waals surface area (Å²) in [5.41, 5.74) is 0. The second-order valence-corrected chi connectivity index (χ2v) is 5.40. The lowest BCUT2D eigenvalue weighted by atomic mass is 11.0. The van der Waals surface area contributed by atoms with Gasteiger partial charge in [0.05, 0.1) is 8.80 Å². The van der Waals surface area contributed by atoms with Crippen LogP contribution in [0.2, 0.25) is 6.04 Å². The summed E-state index contributed by atoms with van der Waals surface area (Å²) in [7, 11) is 2.85. The molecule has 2 nitrogen and oxygen atoms in total. The molecule has 0 heterocycles. The monoisotopic (exact) mass is 148 g/mol. The molecule has 0 aliphatic heterocycles. The molecule has 3 heteroatoms. The number of hydrogen-bond acceptors (Lipinski definition) is 2. The van der Waals surface area contributed by atoms with Crippen molar-refractivity contribution >= 4 is 8.80 Å². The number of rotatable bonds is 5. The zero-order valence-electron chi connectivity index (χ0n) is 6.52. The molecule has 0 saturated carbocycles. The van der Waals surface area contributed by atoms with E-state index in [1.54, 1.807) is 14.2 Å². The van der Waals surface area contributed by atoms with E-state index in [0.29, 0.717) is 0 Å². The van der Waals surface area contributed by atoms with Crippen LogP contribution in [0.5, 0.6) is 0 Å². The first-order valence-corrected chi connectivity index (χ1v) is 5.78. The minimum atomic E-state index is -0.657. The van der Waals surface area contributed by atoms with Gasteiger partial charge in [0.25, 0.3) is 0 Å². The Morgan fingerprint density at radius 3 is 1.78 bits per heavy atom. The minimum absolute atomic E-state index is 0.657. The van der Waals surface area contributed by atoms with Crippen molar-refractivity contribution < 1.29 is 9.47 Å². The fourth-order valence-corrected chi connectivity index (χ4v) is 2.27. The van der Waals surface area contributed by atoms with E-state index in [1.807, 2.05) is 0 Å². The lowest BCUT2D eigenvalue weighted by molar-refractivity contribution is 0.222. The minimum Gasteiger partial charge on any atom is -0.388 e. The predicted molar refractivity (Wildman–Crippen MR) is 41.4 cm³/mol. The zero-order chi connectivity index (χ0) is 7.11. The molecular weight excluding hydrogens is 132 g/mol. The maximum absolute atomic E-state index is 5.03. The van der Waals surface area contributed by atoms with Gasteiger partial charge < -0.3 is 9.47 Å². The molecule has 0 amide bonds. The standard InChI is InChI=1S/C6H16O2Si/c1-4-9(5-7-2)6-8-3/h9H,4-6H2,1-3H3. The molecule has 0 saturated heterocycles. The highest BCUT2D eigenvalue weighted by molar-refractivity contribution is 6.58. The van der Waals surface area contributed by atoms with Crippen LogP contribution in [0.15, 0.2) is 0 Å². The van der Waals surface area contributed by atoms with Crippen LogP contribution in [-0.4, -0.2) is 35.5 Å². The summed E-state index contributed by atoms with van der Waals surface area (Å²) < 4.78 is 10.1. The van der Waals surface area contributed by atoms with E-state index in [-0.39, 0.29) is 0 Å². The Kier molecular flexibility index (Phi) is 6.35. The van der Waals surface area contributed by atoms with Crippen LogP contribution >= 0.6 is 0 Å². The van der Waals surface area contributed by atoms with Crippen LogP contribution in [0.1, 0.15) is 6.92 Å². The third kappa shape index (κ3) is 4.63. The molecule has 0 aliphatic carbocycles. The van der Waals surface area contributed by atoms with Gasteiger partial charge in [-0.15, -0.1) is 0 Å². The zero-order valence-corrected chi connectivity index (χ0v) is 7.67. The van der Waals surface area contributed by atoms with Gasteiger partial charge in [-0.3, -0.25) is 0 Å². The number of methoxy groups -OCH3 is 2. The SMILES string of the molecule is CC[SiH](COC)COC. The lowest BCUT2D eigenvalue weighted by Gasteiger charge is -2.08. The number of hydrogen-bond donors (Lipinski definition) is 0. The van der Waals surface area contributed by atoms with Crippen LogP contribution in [0, 0.1) is 0 Å². The molecule has 0 radical (unpaired) electrons. The van der Waals surface area contributed by atoms with Crippen molar-refractivity contribution in [1.29, 1.82) is 0 Å². The molecule has 9 heavy (non-hydrogen) atoms. The van der Waals surface area contributed by atoms with Crippen LogP contribution in [-0.2, 0) is 9.47 Å². The van der Waals surface area contributed by atoms with Crippen molar-refractivity contribution in [3.05, 3.63) is 0 Å². The first-order valence-electron chi connectivity index (χ1n) is 3.33. The molecule has 0 aromatic heterocycles. The van der Waals surface area contributed by atoms with E-state index in [4.69, 9.17) is 9.47 Å². The van der Waals surface area contributed by atoms with E-state index in [9.17, 15) is 0 Å². The van der Waals surface area contributed by atoms with Gasteiger partial charge >= 0.3 is 0 Å². The molecule has 0 aromatic carbocycles. The van der Waals surface area contributed by atoms with Crippen molar-refractivity contribution in [3.63, 3.8) is 0 Å². The van der Waals surface area contributed by atoms with Crippen molar-refractivity contribution in [2.24, 2.45) is 0 Å². The Balaban J connectivity index is 3.18. The van der Waals surface area contributed by atoms with Gasteiger partial charge in [0.2, 0.25) is 0 Å². The normalized spacial score (nSPS) is 10.7. The van der Waals surface area contributed by atoms with Gasteiger partial charge in [-0.05, 0) is 0 Å². The average Bonchev–Trinajstić information content (AvgIpc) is 1.88. The summed E-state index contributed by atoms with van der Waals surface area (Å²) in [6.45, 7) is 2.20. The Hall–Kier alpha value is 0.137. The van der Waals surface area contributed by atoms with Crippen molar-refractivity contribution in [3.8, 4) is 0 Å². The molecule has 0 aliphatic rings. The molecule has 56 valence electrons. The Morgan fingerprint density at radius 1 is 1.11 bits per heavy atom. The van der Waals surface area contributed by atoms with Crippen molar-refractivity contribution in [1.82, 2.24) is 0 Å². The summed E-state index contributed by atoms with van der Waals surface area (Å²) in [6.07, 6.45) is 1.90. The molecule has 0 atom stereocenters. The highest BCUT2D eigenvalue weighted by Crippen LogP contribution is 1.91. The van der Waals surface area contributed by atoms with Crippen LogP contribution < -0.4 is 0 Å². The van der Waals surface area contributed by atoms with Gasteiger partial charge in [0, 0.05) is 26.7 Å². The largest absolute Gasteiger partial charge is 0.388 e. The Bertz CT molecular complexity index is 53.0. The predicted octanol–water partition coefficient (Wildman–Crippen LogP) is 0.605.